The summed E-state index contributed by atoms with van der Waals surface area (Å²) in [6.07, 6.45) is 2.02. The van der Waals surface area contributed by atoms with Gasteiger partial charge in [-0.15, -0.1) is 0 Å². The second-order valence-corrected chi connectivity index (χ2v) is 6.26. The van der Waals surface area contributed by atoms with Crippen molar-refractivity contribution >= 4 is 11.6 Å². The van der Waals surface area contributed by atoms with Crippen molar-refractivity contribution in [1.29, 1.82) is 0 Å². The fraction of sp³-hybridized carbons (Fsp3) is 0.588. The Labute approximate surface area is 137 Å². The summed E-state index contributed by atoms with van der Waals surface area (Å²) in [5.41, 5.74) is 8.32. The number of nitrogens with one attached hydrogen (secondary N) is 1. The lowest BCUT2D eigenvalue weighted by atomic mass is 10.00. The number of ether oxygens (including phenoxy) is 2. The minimum absolute atomic E-state index is 0.0996. The molecule has 0 spiro atoms. The molecule has 2 rings (SSSR count). The van der Waals surface area contributed by atoms with Gasteiger partial charge >= 0.3 is 0 Å². The number of amides is 1. The van der Waals surface area contributed by atoms with Gasteiger partial charge in [0.1, 0.15) is 5.54 Å². The number of likely N-dealkylation sites (N-methyl/N-ethyl adjacent to an activating group) is 1. The second-order valence-electron chi connectivity index (χ2n) is 6.26. The molecular formula is C17H27N3O3. The molecule has 0 aromatic heterocycles. The summed E-state index contributed by atoms with van der Waals surface area (Å²) < 4.78 is 10.1. The Morgan fingerprint density at radius 2 is 1.83 bits per heavy atom. The van der Waals surface area contributed by atoms with E-state index < -0.39 is 5.54 Å². The molecule has 0 unspecified atom stereocenters. The number of rotatable bonds is 6. The lowest BCUT2D eigenvalue weighted by molar-refractivity contribution is -0.125. The number of carbonyl (C=O) groups is 1. The average molecular weight is 321 g/mol. The van der Waals surface area contributed by atoms with Crippen molar-refractivity contribution < 1.29 is 14.3 Å². The highest BCUT2D eigenvalue weighted by Gasteiger charge is 2.34. The van der Waals surface area contributed by atoms with Gasteiger partial charge in [-0.1, -0.05) is 6.07 Å². The first-order chi connectivity index (χ1) is 11.0. The maximum absolute atomic E-state index is 12.5. The van der Waals surface area contributed by atoms with E-state index in [1.807, 2.05) is 12.1 Å². The van der Waals surface area contributed by atoms with E-state index >= 15 is 0 Å². The Kier molecular flexibility index (Phi) is 6.12. The zero-order valence-electron chi connectivity index (χ0n) is 14.2. The molecule has 6 heteroatoms. The number of benzene rings is 1. The average Bonchev–Trinajstić information content (AvgIpc) is 2.70. The molecule has 1 aromatic carbocycles. The van der Waals surface area contributed by atoms with Gasteiger partial charge in [0.15, 0.2) is 0 Å². The third-order valence-corrected chi connectivity index (χ3v) is 4.25. The monoisotopic (exact) mass is 321 g/mol. The second kappa shape index (κ2) is 7.88. The Hall–Kier alpha value is -1.47. The van der Waals surface area contributed by atoms with Gasteiger partial charge < -0.3 is 25.4 Å². The molecule has 1 aromatic rings. The maximum Gasteiger partial charge on any atom is 0.249 e. The molecular weight excluding hydrogens is 294 g/mol. The molecule has 23 heavy (non-hydrogen) atoms. The quantitative estimate of drug-likeness (QED) is 0.804. The van der Waals surface area contributed by atoms with Gasteiger partial charge in [-0.2, -0.15) is 0 Å². The van der Waals surface area contributed by atoms with Crippen LogP contribution in [0.1, 0.15) is 11.1 Å². The van der Waals surface area contributed by atoms with Crippen LogP contribution < -0.4 is 11.1 Å². The van der Waals surface area contributed by atoms with Gasteiger partial charge in [0.2, 0.25) is 5.91 Å². The van der Waals surface area contributed by atoms with E-state index in [1.165, 1.54) is 25.3 Å². The Morgan fingerprint density at radius 3 is 2.43 bits per heavy atom. The summed E-state index contributed by atoms with van der Waals surface area (Å²) in [6, 6.07) is 6.07. The highest BCUT2D eigenvalue weighted by atomic mass is 16.5. The van der Waals surface area contributed by atoms with Crippen molar-refractivity contribution in [2.45, 2.75) is 18.4 Å². The summed E-state index contributed by atoms with van der Waals surface area (Å²) in [4.78, 5) is 14.8. The summed E-state index contributed by atoms with van der Waals surface area (Å²) in [5, 5.41) is 2.90. The minimum atomic E-state index is -1.20. The predicted molar refractivity (Wildman–Crippen MR) is 90.6 cm³/mol. The van der Waals surface area contributed by atoms with Crippen LogP contribution in [-0.4, -0.2) is 63.9 Å². The van der Waals surface area contributed by atoms with Crippen molar-refractivity contribution in [1.82, 2.24) is 4.90 Å². The SMILES string of the molecule is COCC(N)(COC)C(=O)Nc1ccc2c(c1)CCN(C)CC2. The number of nitrogens with two attached hydrogens (primary N) is 1. The van der Waals surface area contributed by atoms with Crippen molar-refractivity contribution in [3.05, 3.63) is 29.3 Å². The number of hydrogen-bond donors (Lipinski definition) is 2. The molecule has 1 heterocycles. The zero-order valence-corrected chi connectivity index (χ0v) is 14.2. The van der Waals surface area contributed by atoms with E-state index in [4.69, 9.17) is 15.2 Å². The number of hydrogen-bond acceptors (Lipinski definition) is 5. The molecule has 0 radical (unpaired) electrons. The van der Waals surface area contributed by atoms with E-state index in [-0.39, 0.29) is 19.1 Å². The molecule has 0 fully saturated rings. The molecule has 0 atom stereocenters. The third-order valence-electron chi connectivity index (χ3n) is 4.25. The van der Waals surface area contributed by atoms with E-state index in [9.17, 15) is 4.79 Å². The van der Waals surface area contributed by atoms with Crippen LogP contribution in [0.4, 0.5) is 5.69 Å². The number of methoxy groups -OCH3 is 2. The van der Waals surface area contributed by atoms with Crippen molar-refractivity contribution in [3.63, 3.8) is 0 Å². The highest BCUT2D eigenvalue weighted by Crippen LogP contribution is 2.21. The molecule has 0 aliphatic carbocycles. The first-order valence-electron chi connectivity index (χ1n) is 7.87. The molecule has 128 valence electrons. The number of nitrogens with zero attached hydrogens (tertiary/aromatic N) is 1. The molecule has 1 aliphatic rings. The largest absolute Gasteiger partial charge is 0.382 e. The summed E-state index contributed by atoms with van der Waals surface area (Å²) in [6.45, 7) is 2.29. The molecule has 0 saturated heterocycles. The van der Waals surface area contributed by atoms with Crippen LogP contribution in [0.25, 0.3) is 0 Å². The van der Waals surface area contributed by atoms with Crippen LogP contribution >= 0.6 is 0 Å². The number of carbonyl (C=O) groups excluding carboxylic acids is 1. The van der Waals surface area contributed by atoms with Gasteiger partial charge in [-0.05, 0) is 43.1 Å². The zero-order chi connectivity index (χ0) is 16.9. The normalized spacial score (nSPS) is 15.8. The van der Waals surface area contributed by atoms with Crippen LogP contribution in [0.3, 0.4) is 0 Å². The van der Waals surface area contributed by atoms with Crippen molar-refractivity contribution in [2.75, 3.05) is 52.9 Å². The van der Waals surface area contributed by atoms with Crippen LogP contribution in [0.5, 0.6) is 0 Å². The first-order valence-corrected chi connectivity index (χ1v) is 7.87. The summed E-state index contributed by atoms with van der Waals surface area (Å²) in [5.74, 6) is -0.299. The maximum atomic E-state index is 12.5. The first kappa shape index (κ1) is 17.9. The number of anilines is 1. The smallest absolute Gasteiger partial charge is 0.249 e. The van der Waals surface area contributed by atoms with Gasteiger partial charge in [-0.25, -0.2) is 0 Å². The van der Waals surface area contributed by atoms with Gasteiger partial charge in [-0.3, -0.25) is 4.79 Å². The molecule has 1 aliphatic heterocycles. The lowest BCUT2D eigenvalue weighted by Gasteiger charge is -2.26. The summed E-state index contributed by atoms with van der Waals surface area (Å²) >= 11 is 0. The molecule has 1 amide bonds. The Bertz CT molecular complexity index is 542. The van der Waals surface area contributed by atoms with Crippen LogP contribution in [-0.2, 0) is 27.1 Å². The van der Waals surface area contributed by atoms with Gasteiger partial charge in [0, 0.05) is 33.0 Å². The van der Waals surface area contributed by atoms with Crippen LogP contribution in [0.2, 0.25) is 0 Å². The fourth-order valence-electron chi connectivity index (χ4n) is 2.86. The van der Waals surface area contributed by atoms with Gasteiger partial charge in [0.05, 0.1) is 13.2 Å². The van der Waals surface area contributed by atoms with Crippen molar-refractivity contribution in [3.8, 4) is 0 Å². The van der Waals surface area contributed by atoms with E-state index in [1.54, 1.807) is 0 Å². The molecule has 0 saturated carbocycles. The Balaban J connectivity index is 2.12. The third kappa shape index (κ3) is 4.51. The summed E-state index contributed by atoms with van der Waals surface area (Å²) in [7, 11) is 5.17. The van der Waals surface area contributed by atoms with Gasteiger partial charge in [0.25, 0.3) is 0 Å². The Morgan fingerprint density at radius 1 is 1.22 bits per heavy atom. The predicted octanol–water partition coefficient (Wildman–Crippen LogP) is 0.646. The molecule has 6 nitrogen and oxygen atoms in total. The van der Waals surface area contributed by atoms with E-state index in [0.29, 0.717) is 0 Å². The standard InChI is InChI=1S/C17H27N3O3/c1-20-8-6-13-4-5-15(10-14(13)7-9-20)19-16(21)17(18,11-22-2)12-23-3/h4-5,10H,6-9,11-12,18H2,1-3H3,(H,19,21). The van der Waals surface area contributed by atoms with Crippen molar-refractivity contribution in [2.24, 2.45) is 5.73 Å². The molecule has 0 bridgehead atoms. The molecule has 3 N–H and O–H groups in total. The fourth-order valence-corrected chi connectivity index (χ4v) is 2.86. The minimum Gasteiger partial charge on any atom is -0.382 e. The van der Waals surface area contributed by atoms with Crippen LogP contribution in [0, 0.1) is 0 Å². The van der Waals surface area contributed by atoms with E-state index in [0.717, 1.165) is 31.6 Å². The highest BCUT2D eigenvalue weighted by molar-refractivity contribution is 5.98. The topological polar surface area (TPSA) is 76.8 Å². The van der Waals surface area contributed by atoms with Crippen LogP contribution in [0.15, 0.2) is 18.2 Å². The lowest BCUT2D eigenvalue weighted by Crippen LogP contribution is -2.57. The number of fused-ring (bicyclic) bond motifs is 1. The van der Waals surface area contributed by atoms with E-state index in [2.05, 4.69) is 23.3 Å².